The van der Waals surface area contributed by atoms with Gasteiger partial charge in [-0.1, -0.05) is 237 Å². The molecule has 5 nitrogen and oxygen atoms in total. The summed E-state index contributed by atoms with van der Waals surface area (Å²) in [4.78, 5) is 14.1. The van der Waals surface area contributed by atoms with Crippen molar-refractivity contribution >= 4 is 65.3 Å². The van der Waals surface area contributed by atoms with Crippen LogP contribution in [-0.4, -0.2) is 15.0 Å². The quantitative estimate of drug-likeness (QED) is 0.155. The number of benzene rings is 14. The average Bonchev–Trinajstić information content (AvgIpc) is 1.53. The maximum absolute atomic E-state index is 6.12. The number of nitrogens with zero attached hydrogens (tertiary/aromatic N) is 3. The molecular weight excluding hydrogens is 1080 g/mol. The molecule has 17 aromatic rings. The number of fused-ring (bicyclic) bond motifs is 16. The molecule has 2 aliphatic rings. The number of para-hydroxylation sites is 4. The Bertz CT molecular complexity index is 5440. The van der Waals surface area contributed by atoms with Crippen LogP contribution in [0.2, 0.25) is 0 Å². The van der Waals surface area contributed by atoms with E-state index in [-0.39, 0.29) is 0 Å². The highest BCUT2D eigenvalue weighted by Crippen LogP contribution is 2.63. The van der Waals surface area contributed by atoms with Gasteiger partial charge in [0, 0.05) is 22.9 Å². The smallest absolute Gasteiger partial charge is 0.227 e. The van der Waals surface area contributed by atoms with E-state index in [0.717, 1.165) is 50.1 Å². The van der Waals surface area contributed by atoms with E-state index in [1.807, 2.05) is 66.9 Å². The van der Waals surface area contributed by atoms with E-state index in [1.165, 1.54) is 115 Å². The van der Waals surface area contributed by atoms with Gasteiger partial charge in [0.25, 0.3) is 0 Å². The van der Waals surface area contributed by atoms with Crippen LogP contribution in [0.15, 0.2) is 318 Å². The minimum absolute atomic E-state index is 0.392. The zero-order valence-electron chi connectivity index (χ0n) is 48.1. The van der Waals surface area contributed by atoms with Gasteiger partial charge in [-0.3, -0.25) is 4.98 Å². The molecule has 19 rings (SSSR count). The lowest BCUT2D eigenvalue weighted by atomic mass is 9.70. The van der Waals surface area contributed by atoms with Crippen molar-refractivity contribution in [2.45, 2.75) is 5.41 Å². The molecule has 5 heteroatoms. The first-order valence-electron chi connectivity index (χ1n) is 30.3. The van der Waals surface area contributed by atoms with Crippen LogP contribution >= 0.6 is 0 Å². The number of aromatic nitrogens is 3. The van der Waals surface area contributed by atoms with Gasteiger partial charge in [0.2, 0.25) is 11.8 Å². The summed E-state index contributed by atoms with van der Waals surface area (Å²) >= 11 is 0. The SMILES string of the molecule is c1ccc(-c2c3ccccc3c(-c3ccc(-c4nc5ccccc5o4)cc3)c3ccccc23)nc1.c1ccc2c(c1)-c1ccccc1C21c2ccccc2-c2ccc(-c3c4ccccc4c(-c4ccc(-c5nc6ccccc6o5)cc4)c4ccccc34)cc21. The van der Waals surface area contributed by atoms with Gasteiger partial charge in [-0.05, 0) is 188 Å². The summed E-state index contributed by atoms with van der Waals surface area (Å²) in [7, 11) is 0. The zero-order valence-corrected chi connectivity index (χ0v) is 48.1. The summed E-state index contributed by atoms with van der Waals surface area (Å²) < 4.78 is 12.1. The van der Waals surface area contributed by atoms with E-state index in [0.29, 0.717) is 11.8 Å². The molecule has 1 spiro atoms. The molecule has 0 unspecified atom stereocenters. The third-order valence-corrected chi connectivity index (χ3v) is 18.5. The Morgan fingerprint density at radius 1 is 0.247 bits per heavy atom. The molecule has 0 radical (unpaired) electrons. The van der Waals surface area contributed by atoms with E-state index in [2.05, 4.69) is 248 Å². The van der Waals surface area contributed by atoms with Crippen molar-refractivity contribution in [2.24, 2.45) is 0 Å². The van der Waals surface area contributed by atoms with Gasteiger partial charge < -0.3 is 8.83 Å². The van der Waals surface area contributed by atoms with E-state index in [4.69, 9.17) is 18.8 Å². The van der Waals surface area contributed by atoms with E-state index in [1.54, 1.807) is 0 Å². The maximum Gasteiger partial charge on any atom is 0.227 e. The standard InChI is InChI=1S/C52H31NO.C32H20N2O/c1-3-18-41-39(16-1)49(32-25-27-33(28-26-32)51-53-47-23-11-12-24-48(47)54-51)40-17-2-4-19-42(40)50(41)34-29-30-38-37-15-7-10-22-45(37)52(46(38)31-34)43-20-8-5-13-35(43)36-14-6-9-21-44(36)52;1-3-11-25-23(9-1)30(24-10-2-4-12-26(24)31(25)28-14-7-8-20-33-28)21-16-18-22(19-17-21)32-34-27-13-5-6-15-29(27)35-32/h1-31H;1-20H. The molecule has 0 saturated heterocycles. The van der Waals surface area contributed by atoms with Crippen molar-refractivity contribution in [3.63, 3.8) is 0 Å². The van der Waals surface area contributed by atoms with E-state index >= 15 is 0 Å². The predicted octanol–water partition coefficient (Wildman–Crippen LogP) is 22.0. The summed E-state index contributed by atoms with van der Waals surface area (Å²) in [6, 6.07) is 108. The minimum Gasteiger partial charge on any atom is -0.436 e. The van der Waals surface area contributed by atoms with Crippen LogP contribution < -0.4 is 0 Å². The first kappa shape index (κ1) is 50.5. The molecule has 0 aliphatic heterocycles. The molecular formula is C84H51N3O2. The van der Waals surface area contributed by atoms with Gasteiger partial charge in [-0.2, -0.15) is 0 Å². The van der Waals surface area contributed by atoms with Crippen LogP contribution in [0.25, 0.3) is 155 Å². The Hall–Kier alpha value is -11.8. The van der Waals surface area contributed by atoms with Crippen molar-refractivity contribution in [1.29, 1.82) is 0 Å². The van der Waals surface area contributed by atoms with Gasteiger partial charge in [0.05, 0.1) is 11.1 Å². The Kier molecular flexibility index (Phi) is 11.4. The Morgan fingerprint density at radius 3 is 0.978 bits per heavy atom. The minimum atomic E-state index is -0.392. The topological polar surface area (TPSA) is 65.0 Å². The third-order valence-electron chi connectivity index (χ3n) is 18.5. The van der Waals surface area contributed by atoms with Gasteiger partial charge in [-0.25, -0.2) is 9.97 Å². The maximum atomic E-state index is 6.12. The highest BCUT2D eigenvalue weighted by Gasteiger charge is 2.51. The van der Waals surface area contributed by atoms with Crippen LogP contribution in [0.3, 0.4) is 0 Å². The number of rotatable bonds is 6. The first-order valence-corrected chi connectivity index (χ1v) is 30.3. The number of pyridine rings is 1. The van der Waals surface area contributed by atoms with E-state index < -0.39 is 5.41 Å². The average molecular weight is 1130 g/mol. The zero-order chi connectivity index (χ0) is 58.6. The summed E-state index contributed by atoms with van der Waals surface area (Å²) in [5.74, 6) is 1.27. The number of hydrogen-bond acceptors (Lipinski definition) is 5. The Morgan fingerprint density at radius 2 is 0.573 bits per heavy atom. The van der Waals surface area contributed by atoms with Crippen molar-refractivity contribution < 1.29 is 8.83 Å². The van der Waals surface area contributed by atoms with Gasteiger partial charge >= 0.3 is 0 Å². The molecule has 3 heterocycles. The second-order valence-electron chi connectivity index (χ2n) is 23.2. The monoisotopic (exact) mass is 1130 g/mol. The van der Waals surface area contributed by atoms with Crippen LogP contribution in [0.5, 0.6) is 0 Å². The second-order valence-corrected chi connectivity index (χ2v) is 23.2. The molecule has 0 amide bonds. The lowest BCUT2D eigenvalue weighted by Crippen LogP contribution is -2.25. The summed E-state index contributed by atoms with van der Waals surface area (Å²) in [6.07, 6.45) is 1.86. The van der Waals surface area contributed by atoms with Crippen molar-refractivity contribution in [3.05, 3.63) is 332 Å². The van der Waals surface area contributed by atoms with Crippen LogP contribution in [0.1, 0.15) is 22.3 Å². The first-order chi connectivity index (χ1) is 44.2. The fraction of sp³-hybridized carbons (Fsp3) is 0.0119. The summed E-state index contributed by atoms with van der Waals surface area (Å²) in [5, 5.41) is 9.76. The van der Waals surface area contributed by atoms with Crippen molar-refractivity contribution in [2.75, 3.05) is 0 Å². The molecule has 0 saturated carbocycles. The molecule has 0 N–H and O–H groups in total. The van der Waals surface area contributed by atoms with Gasteiger partial charge in [0.15, 0.2) is 11.2 Å². The fourth-order valence-corrected chi connectivity index (χ4v) is 14.8. The predicted molar refractivity (Wildman–Crippen MR) is 365 cm³/mol. The van der Waals surface area contributed by atoms with Crippen molar-refractivity contribution in [1.82, 2.24) is 15.0 Å². The molecule has 89 heavy (non-hydrogen) atoms. The lowest BCUT2D eigenvalue weighted by Gasteiger charge is -2.30. The molecule has 0 fully saturated rings. The van der Waals surface area contributed by atoms with Gasteiger partial charge in [-0.15, -0.1) is 0 Å². The van der Waals surface area contributed by atoms with Crippen molar-refractivity contribution in [3.8, 4) is 89.8 Å². The largest absolute Gasteiger partial charge is 0.436 e. The van der Waals surface area contributed by atoms with Gasteiger partial charge in [0.1, 0.15) is 11.0 Å². The van der Waals surface area contributed by atoms with Crippen LogP contribution in [0, 0.1) is 0 Å². The fourth-order valence-electron chi connectivity index (χ4n) is 14.8. The number of hydrogen-bond donors (Lipinski definition) is 0. The number of oxazole rings is 2. The second kappa shape index (κ2) is 20.2. The normalized spacial score (nSPS) is 12.6. The molecule has 3 aromatic heterocycles. The summed E-state index contributed by atoms with van der Waals surface area (Å²) in [6.45, 7) is 0. The highest BCUT2D eigenvalue weighted by atomic mass is 16.4. The molecule has 0 bridgehead atoms. The highest BCUT2D eigenvalue weighted by molar-refractivity contribution is 6.23. The molecule has 14 aromatic carbocycles. The molecule has 2 aliphatic carbocycles. The lowest BCUT2D eigenvalue weighted by molar-refractivity contribution is 0.619. The summed E-state index contributed by atoms with van der Waals surface area (Å²) in [5.41, 5.74) is 25.0. The molecule has 414 valence electrons. The van der Waals surface area contributed by atoms with Crippen LogP contribution in [0.4, 0.5) is 0 Å². The third kappa shape index (κ3) is 7.78. The Balaban J connectivity index is 0.000000146. The molecule has 0 atom stereocenters. The Labute approximate surface area is 513 Å². The van der Waals surface area contributed by atoms with E-state index in [9.17, 15) is 0 Å². The van der Waals surface area contributed by atoms with Crippen LogP contribution in [-0.2, 0) is 5.41 Å².